The number of Topliss-reactive ketones (excluding diaryl/α,β-unsaturated/α-hetero) is 1. The number of carbonyl (C=O) groups is 1. The van der Waals surface area contributed by atoms with Gasteiger partial charge in [-0.25, -0.2) is 4.98 Å². The minimum absolute atomic E-state index is 0.104. The molecule has 148 valence electrons. The first-order valence-electron chi connectivity index (χ1n) is 9.22. The number of aromatic nitrogens is 1. The van der Waals surface area contributed by atoms with E-state index in [1.807, 2.05) is 48.7 Å². The van der Waals surface area contributed by atoms with Gasteiger partial charge in [0.1, 0.15) is 27.9 Å². The number of hydrogen-bond donors (Lipinski definition) is 0. The van der Waals surface area contributed by atoms with Crippen LogP contribution in [0.25, 0.3) is 22.2 Å². The highest BCUT2D eigenvalue weighted by molar-refractivity contribution is 7.10. The van der Waals surface area contributed by atoms with Gasteiger partial charge in [0, 0.05) is 28.3 Å². The third-order valence-electron chi connectivity index (χ3n) is 4.78. The first-order valence-corrected chi connectivity index (χ1v) is 10.1. The van der Waals surface area contributed by atoms with Gasteiger partial charge in [-0.15, -0.1) is 11.3 Å². The quantitative estimate of drug-likeness (QED) is 0.419. The summed E-state index contributed by atoms with van der Waals surface area (Å²) in [6.07, 6.45) is 2.29. The van der Waals surface area contributed by atoms with E-state index in [1.165, 1.54) is 11.3 Å². The van der Waals surface area contributed by atoms with Gasteiger partial charge < -0.3 is 13.9 Å². The van der Waals surface area contributed by atoms with Crippen LogP contribution in [-0.4, -0.2) is 25.0 Å². The van der Waals surface area contributed by atoms with Gasteiger partial charge in [-0.2, -0.15) is 0 Å². The Labute approximate surface area is 172 Å². The van der Waals surface area contributed by atoms with Gasteiger partial charge >= 0.3 is 0 Å². The maximum atomic E-state index is 12.6. The third kappa shape index (κ3) is 4.03. The van der Waals surface area contributed by atoms with Crippen molar-refractivity contribution in [1.82, 2.24) is 4.98 Å². The molecule has 0 fully saturated rings. The number of thiazole rings is 1. The highest BCUT2D eigenvalue weighted by Gasteiger charge is 2.15. The van der Waals surface area contributed by atoms with Crippen LogP contribution in [0.15, 0.2) is 52.5 Å². The van der Waals surface area contributed by atoms with Crippen molar-refractivity contribution < 1.29 is 18.7 Å². The summed E-state index contributed by atoms with van der Waals surface area (Å²) in [6.45, 7) is 2.02. The minimum atomic E-state index is 0.104. The molecule has 0 aliphatic rings. The molecule has 2 aromatic heterocycles. The largest absolute Gasteiger partial charge is 0.497 e. The minimum Gasteiger partial charge on any atom is -0.497 e. The van der Waals surface area contributed by atoms with Crippen LogP contribution in [0.2, 0.25) is 0 Å². The average molecular weight is 407 g/mol. The Morgan fingerprint density at radius 3 is 2.76 bits per heavy atom. The summed E-state index contributed by atoms with van der Waals surface area (Å²) in [7, 11) is 3.25. The molecule has 0 unspecified atom stereocenters. The second kappa shape index (κ2) is 8.09. The molecule has 0 radical (unpaired) electrons. The van der Waals surface area contributed by atoms with Crippen molar-refractivity contribution in [3.05, 3.63) is 64.2 Å². The van der Waals surface area contributed by atoms with E-state index in [9.17, 15) is 4.79 Å². The van der Waals surface area contributed by atoms with E-state index in [-0.39, 0.29) is 12.2 Å². The first kappa shape index (κ1) is 19.2. The fourth-order valence-electron chi connectivity index (χ4n) is 3.30. The molecular formula is C23H21NO4S. The Bertz CT molecular complexity index is 1170. The Hall–Kier alpha value is -3.12. The summed E-state index contributed by atoms with van der Waals surface area (Å²) in [5.41, 5.74) is 4.48. The average Bonchev–Trinajstić information content (AvgIpc) is 3.34. The molecule has 0 N–H and O–H groups in total. The van der Waals surface area contributed by atoms with Crippen LogP contribution in [0.4, 0.5) is 0 Å². The van der Waals surface area contributed by atoms with Gasteiger partial charge in [0.05, 0.1) is 32.6 Å². The molecular weight excluding hydrogens is 386 g/mol. The number of benzene rings is 2. The Morgan fingerprint density at radius 1 is 1.10 bits per heavy atom. The number of carbonyl (C=O) groups excluding carboxylic acids is 1. The van der Waals surface area contributed by atoms with Crippen LogP contribution in [0.1, 0.15) is 16.1 Å². The smallest absolute Gasteiger partial charge is 0.144 e. The van der Waals surface area contributed by atoms with E-state index in [4.69, 9.17) is 13.9 Å². The van der Waals surface area contributed by atoms with Crippen LogP contribution in [0.3, 0.4) is 0 Å². The van der Waals surface area contributed by atoms with Crippen molar-refractivity contribution in [3.63, 3.8) is 0 Å². The second-order valence-corrected chi connectivity index (χ2v) is 7.79. The van der Waals surface area contributed by atoms with E-state index in [1.54, 1.807) is 20.5 Å². The lowest BCUT2D eigenvalue weighted by Gasteiger charge is -2.08. The van der Waals surface area contributed by atoms with Crippen LogP contribution in [-0.2, 0) is 17.6 Å². The van der Waals surface area contributed by atoms with Gasteiger partial charge in [0.25, 0.3) is 0 Å². The molecule has 4 rings (SSSR count). The van der Waals surface area contributed by atoms with Crippen molar-refractivity contribution in [1.29, 1.82) is 0 Å². The fourth-order valence-corrected chi connectivity index (χ4v) is 4.12. The van der Waals surface area contributed by atoms with Crippen molar-refractivity contribution >= 4 is 28.1 Å². The maximum absolute atomic E-state index is 12.6. The standard InChI is InChI=1S/C23H21NO4S/c1-14-4-6-18-15(12-28-22(18)8-14)9-16(25)10-23-24-20(13-29-23)19-11-17(26-2)5-7-21(19)27-3/h4-8,11-13H,9-10H2,1-3H3. The predicted molar refractivity (Wildman–Crippen MR) is 114 cm³/mol. The topological polar surface area (TPSA) is 61.6 Å². The highest BCUT2D eigenvalue weighted by Crippen LogP contribution is 2.34. The van der Waals surface area contributed by atoms with E-state index in [0.717, 1.165) is 44.1 Å². The number of ether oxygens (including phenoxy) is 2. The Morgan fingerprint density at radius 2 is 1.97 bits per heavy atom. The number of ketones is 1. The van der Waals surface area contributed by atoms with E-state index in [0.29, 0.717) is 12.2 Å². The van der Waals surface area contributed by atoms with Gasteiger partial charge in [0.15, 0.2) is 0 Å². The van der Waals surface area contributed by atoms with Crippen molar-refractivity contribution in [2.75, 3.05) is 14.2 Å². The number of nitrogens with zero attached hydrogens (tertiary/aromatic N) is 1. The lowest BCUT2D eigenvalue weighted by molar-refractivity contribution is -0.117. The maximum Gasteiger partial charge on any atom is 0.144 e. The van der Waals surface area contributed by atoms with E-state index in [2.05, 4.69) is 4.98 Å². The summed E-state index contributed by atoms with van der Waals surface area (Å²) < 4.78 is 16.3. The molecule has 4 aromatic rings. The SMILES string of the molecule is COc1ccc(OC)c(-c2csc(CC(=O)Cc3coc4cc(C)ccc34)n2)c1. The molecule has 0 amide bonds. The molecule has 5 nitrogen and oxygen atoms in total. The summed E-state index contributed by atoms with van der Waals surface area (Å²) in [6, 6.07) is 11.6. The van der Waals surface area contributed by atoms with E-state index >= 15 is 0 Å². The molecule has 2 heterocycles. The number of fused-ring (bicyclic) bond motifs is 1. The van der Waals surface area contributed by atoms with Crippen LogP contribution >= 0.6 is 11.3 Å². The van der Waals surface area contributed by atoms with Crippen LogP contribution in [0.5, 0.6) is 11.5 Å². The number of aryl methyl sites for hydroxylation is 1. The molecule has 0 aliphatic carbocycles. The molecule has 6 heteroatoms. The summed E-state index contributed by atoms with van der Waals surface area (Å²) in [4.78, 5) is 17.3. The fraction of sp³-hybridized carbons (Fsp3) is 0.217. The Balaban J connectivity index is 1.51. The zero-order valence-electron chi connectivity index (χ0n) is 16.5. The Kier molecular flexibility index (Phi) is 5.36. The zero-order valence-corrected chi connectivity index (χ0v) is 17.3. The van der Waals surface area contributed by atoms with Gasteiger partial charge in [-0.05, 0) is 36.8 Å². The molecule has 0 bridgehead atoms. The lowest BCUT2D eigenvalue weighted by Crippen LogP contribution is -2.06. The molecule has 29 heavy (non-hydrogen) atoms. The highest BCUT2D eigenvalue weighted by atomic mass is 32.1. The number of hydrogen-bond acceptors (Lipinski definition) is 6. The summed E-state index contributed by atoms with van der Waals surface area (Å²) in [5, 5.41) is 3.71. The van der Waals surface area contributed by atoms with Crippen molar-refractivity contribution in [2.24, 2.45) is 0 Å². The molecule has 0 saturated carbocycles. The van der Waals surface area contributed by atoms with Crippen molar-refractivity contribution in [2.45, 2.75) is 19.8 Å². The van der Waals surface area contributed by atoms with Gasteiger partial charge in [0.2, 0.25) is 0 Å². The van der Waals surface area contributed by atoms with Crippen LogP contribution < -0.4 is 9.47 Å². The molecule has 0 spiro atoms. The first-order chi connectivity index (χ1) is 14.1. The second-order valence-electron chi connectivity index (χ2n) is 6.85. The van der Waals surface area contributed by atoms with Crippen LogP contribution in [0, 0.1) is 6.92 Å². The predicted octanol–water partition coefficient (Wildman–Crippen LogP) is 5.24. The number of rotatable bonds is 7. The molecule has 2 aromatic carbocycles. The van der Waals surface area contributed by atoms with Gasteiger partial charge in [-0.1, -0.05) is 12.1 Å². The molecule has 0 saturated heterocycles. The molecule has 0 aliphatic heterocycles. The van der Waals surface area contributed by atoms with E-state index < -0.39 is 0 Å². The number of methoxy groups -OCH3 is 2. The summed E-state index contributed by atoms with van der Waals surface area (Å²) >= 11 is 1.47. The normalized spacial score (nSPS) is 11.0. The molecule has 0 atom stereocenters. The summed E-state index contributed by atoms with van der Waals surface area (Å²) in [5.74, 6) is 1.55. The zero-order chi connectivity index (χ0) is 20.4. The third-order valence-corrected chi connectivity index (χ3v) is 5.63. The van der Waals surface area contributed by atoms with Crippen molar-refractivity contribution in [3.8, 4) is 22.8 Å². The lowest BCUT2D eigenvalue weighted by atomic mass is 10.1. The number of furan rings is 1. The van der Waals surface area contributed by atoms with Gasteiger partial charge in [-0.3, -0.25) is 4.79 Å². The monoisotopic (exact) mass is 407 g/mol.